The number of carbonyl (C=O) groups is 1. The second-order valence-electron chi connectivity index (χ2n) is 4.27. The van der Waals surface area contributed by atoms with Crippen LogP contribution in [0.1, 0.15) is 35.4 Å². The molecule has 3 heteroatoms. The molecule has 0 aromatic heterocycles. The molecule has 0 aliphatic heterocycles. The van der Waals surface area contributed by atoms with Crippen molar-refractivity contribution in [1.82, 2.24) is 0 Å². The van der Waals surface area contributed by atoms with Crippen LogP contribution in [0.4, 0.5) is 0 Å². The van der Waals surface area contributed by atoms with Gasteiger partial charge in [0.25, 0.3) is 0 Å². The van der Waals surface area contributed by atoms with E-state index in [9.17, 15) is 9.90 Å². The smallest absolute Gasteiger partial charge is 0.195 e. The molecule has 0 fully saturated rings. The van der Waals surface area contributed by atoms with Crippen LogP contribution in [0.25, 0.3) is 0 Å². The first-order valence-corrected chi connectivity index (χ1v) is 6.63. The van der Waals surface area contributed by atoms with E-state index in [0.717, 1.165) is 6.42 Å². The lowest BCUT2D eigenvalue weighted by molar-refractivity contribution is 0.0747. The third-order valence-electron chi connectivity index (χ3n) is 2.65. The Labute approximate surface area is 119 Å². The quantitative estimate of drug-likeness (QED) is 0.841. The van der Waals surface area contributed by atoms with Gasteiger partial charge < -0.3 is 10.2 Å². The van der Waals surface area contributed by atoms with Gasteiger partial charge >= 0.3 is 0 Å². The maximum absolute atomic E-state index is 11.9. The summed E-state index contributed by atoms with van der Waals surface area (Å²) >= 11 is 0. The summed E-state index contributed by atoms with van der Waals surface area (Å²) in [6.45, 7) is 2.25. The Morgan fingerprint density at radius 1 is 1.00 bits per heavy atom. The molecule has 0 saturated heterocycles. The van der Waals surface area contributed by atoms with E-state index in [1.165, 1.54) is 0 Å². The molecule has 1 atom stereocenters. The normalized spacial score (nSPS) is 11.2. The number of hydrogen-bond acceptors (Lipinski definition) is 3. The maximum atomic E-state index is 11.9. The second kappa shape index (κ2) is 9.02. The van der Waals surface area contributed by atoms with Crippen molar-refractivity contribution in [2.45, 2.75) is 19.4 Å². The van der Waals surface area contributed by atoms with Gasteiger partial charge in [-0.2, -0.15) is 0 Å². The van der Waals surface area contributed by atoms with Gasteiger partial charge in [0.15, 0.2) is 5.78 Å². The van der Waals surface area contributed by atoms with E-state index in [2.05, 4.69) is 0 Å². The van der Waals surface area contributed by atoms with Crippen LogP contribution in [0.3, 0.4) is 0 Å². The van der Waals surface area contributed by atoms with E-state index in [1.807, 2.05) is 19.1 Å². The zero-order chi connectivity index (χ0) is 14.8. The minimum Gasteiger partial charge on any atom is -0.396 e. The van der Waals surface area contributed by atoms with Crippen molar-refractivity contribution in [2.75, 3.05) is 6.61 Å². The molecule has 106 valence electrons. The molecule has 2 rings (SSSR count). The lowest BCUT2D eigenvalue weighted by atomic mass is 10.0. The van der Waals surface area contributed by atoms with Crippen LogP contribution >= 0.6 is 0 Å². The summed E-state index contributed by atoms with van der Waals surface area (Å²) in [6.07, 6.45) is -0.205. The summed E-state index contributed by atoms with van der Waals surface area (Å²) in [4.78, 5) is 11.9. The van der Waals surface area contributed by atoms with E-state index < -0.39 is 6.10 Å². The largest absolute Gasteiger partial charge is 0.396 e. The lowest BCUT2D eigenvalue weighted by Crippen LogP contribution is -2.11. The highest BCUT2D eigenvalue weighted by Gasteiger charge is 2.18. The van der Waals surface area contributed by atoms with Crippen LogP contribution in [-0.2, 0) is 0 Å². The second-order valence-corrected chi connectivity index (χ2v) is 4.27. The number of rotatable bonds is 4. The minimum absolute atomic E-state index is 0.271. The Balaban J connectivity index is 0.000000444. The van der Waals surface area contributed by atoms with Gasteiger partial charge in [-0.1, -0.05) is 67.6 Å². The van der Waals surface area contributed by atoms with Crippen molar-refractivity contribution < 1.29 is 15.0 Å². The highest BCUT2D eigenvalue weighted by atomic mass is 16.3. The Bertz CT molecular complexity index is 492. The number of aliphatic hydroxyl groups excluding tert-OH is 2. The van der Waals surface area contributed by atoms with Gasteiger partial charge in [0, 0.05) is 12.2 Å². The van der Waals surface area contributed by atoms with Crippen molar-refractivity contribution >= 4 is 5.78 Å². The Kier molecular flexibility index (Phi) is 7.25. The summed E-state index contributed by atoms with van der Waals surface area (Å²) in [7, 11) is 0. The fourth-order valence-electron chi connectivity index (χ4n) is 1.55. The maximum Gasteiger partial charge on any atom is 0.195 e. The third-order valence-corrected chi connectivity index (χ3v) is 2.65. The van der Waals surface area contributed by atoms with Crippen molar-refractivity contribution in [3.63, 3.8) is 0 Å². The third kappa shape index (κ3) is 4.96. The van der Waals surface area contributed by atoms with Crippen molar-refractivity contribution in [3.05, 3.63) is 71.8 Å². The molecule has 0 radical (unpaired) electrons. The standard InChI is InChI=1S/C14H12O2.C3H8O/c15-13(11-7-3-1-4-8-11)14(16)12-9-5-2-6-10-12;1-2-3-4/h1-10,13,15H;4H,2-3H2,1H3. The topological polar surface area (TPSA) is 57.5 Å². The monoisotopic (exact) mass is 272 g/mol. The number of carbonyl (C=O) groups excluding carboxylic acids is 1. The van der Waals surface area contributed by atoms with Gasteiger partial charge in [-0.25, -0.2) is 0 Å². The van der Waals surface area contributed by atoms with Crippen LogP contribution in [0.5, 0.6) is 0 Å². The van der Waals surface area contributed by atoms with Gasteiger partial charge in [-0.3, -0.25) is 4.79 Å². The average Bonchev–Trinajstić information content (AvgIpc) is 2.55. The van der Waals surface area contributed by atoms with Crippen LogP contribution in [-0.4, -0.2) is 22.6 Å². The molecule has 0 amide bonds. The van der Waals surface area contributed by atoms with Crippen molar-refractivity contribution in [3.8, 4) is 0 Å². The van der Waals surface area contributed by atoms with Crippen LogP contribution in [0.2, 0.25) is 0 Å². The summed E-state index contributed by atoms with van der Waals surface area (Å²) in [5.74, 6) is -0.271. The highest BCUT2D eigenvalue weighted by Crippen LogP contribution is 2.17. The molecule has 2 aromatic rings. The summed E-state index contributed by atoms with van der Waals surface area (Å²) < 4.78 is 0. The van der Waals surface area contributed by atoms with Crippen molar-refractivity contribution in [2.24, 2.45) is 0 Å². The van der Waals surface area contributed by atoms with Gasteiger partial charge in [-0.05, 0) is 12.0 Å². The molecular weight excluding hydrogens is 252 g/mol. The molecule has 0 bridgehead atoms. The highest BCUT2D eigenvalue weighted by molar-refractivity contribution is 5.99. The van der Waals surface area contributed by atoms with Crippen LogP contribution in [0, 0.1) is 0 Å². The van der Waals surface area contributed by atoms with E-state index in [1.54, 1.807) is 48.5 Å². The summed E-state index contributed by atoms with van der Waals surface area (Å²) in [5.41, 5.74) is 1.15. The minimum atomic E-state index is -1.08. The van der Waals surface area contributed by atoms with Crippen LogP contribution < -0.4 is 0 Å². The fourth-order valence-corrected chi connectivity index (χ4v) is 1.55. The number of hydrogen-bond donors (Lipinski definition) is 2. The Hall–Kier alpha value is -1.97. The average molecular weight is 272 g/mol. The van der Waals surface area contributed by atoms with Gasteiger partial charge in [0.05, 0.1) is 0 Å². The summed E-state index contributed by atoms with van der Waals surface area (Å²) in [5, 5.41) is 17.8. The van der Waals surface area contributed by atoms with E-state index in [4.69, 9.17) is 5.11 Å². The van der Waals surface area contributed by atoms with E-state index in [0.29, 0.717) is 17.7 Å². The zero-order valence-electron chi connectivity index (χ0n) is 11.6. The molecule has 0 heterocycles. The van der Waals surface area contributed by atoms with Gasteiger partial charge in [0.2, 0.25) is 0 Å². The number of aliphatic hydroxyl groups is 2. The predicted octanol–water partition coefficient (Wildman–Crippen LogP) is 2.99. The molecule has 0 spiro atoms. The molecule has 0 aliphatic rings. The van der Waals surface area contributed by atoms with Crippen LogP contribution in [0.15, 0.2) is 60.7 Å². The Morgan fingerprint density at radius 3 is 1.90 bits per heavy atom. The molecular formula is C17H20O3. The molecule has 0 aliphatic carbocycles. The van der Waals surface area contributed by atoms with E-state index in [-0.39, 0.29) is 5.78 Å². The first kappa shape index (κ1) is 16.1. The fraction of sp³-hybridized carbons (Fsp3) is 0.235. The number of ketones is 1. The Morgan fingerprint density at radius 2 is 1.45 bits per heavy atom. The summed E-state index contributed by atoms with van der Waals surface area (Å²) in [6, 6.07) is 17.7. The zero-order valence-corrected chi connectivity index (χ0v) is 11.6. The van der Waals surface area contributed by atoms with Gasteiger partial charge in [-0.15, -0.1) is 0 Å². The lowest BCUT2D eigenvalue weighted by Gasteiger charge is -2.09. The first-order chi connectivity index (χ1) is 9.70. The predicted molar refractivity (Wildman–Crippen MR) is 79.6 cm³/mol. The molecule has 0 saturated carbocycles. The number of benzene rings is 2. The van der Waals surface area contributed by atoms with Crippen molar-refractivity contribution in [1.29, 1.82) is 0 Å². The molecule has 20 heavy (non-hydrogen) atoms. The number of Topliss-reactive ketones (excluding diaryl/α,β-unsaturated/α-hetero) is 1. The SMILES string of the molecule is CCCO.O=C(c1ccccc1)C(O)c1ccccc1. The van der Waals surface area contributed by atoms with Gasteiger partial charge in [0.1, 0.15) is 6.10 Å². The van der Waals surface area contributed by atoms with E-state index >= 15 is 0 Å². The molecule has 1 unspecified atom stereocenters. The molecule has 2 aromatic carbocycles. The molecule has 3 nitrogen and oxygen atoms in total. The first-order valence-electron chi connectivity index (χ1n) is 6.63. The molecule has 2 N–H and O–H groups in total.